The van der Waals surface area contributed by atoms with Gasteiger partial charge in [0.2, 0.25) is 0 Å². The Kier molecular flexibility index (Phi) is 10.7. The number of aromatic amines is 2. The Balaban J connectivity index is 1.25. The molecule has 1 saturated heterocycles. The van der Waals surface area contributed by atoms with Gasteiger partial charge in [-0.2, -0.15) is 23.5 Å². The van der Waals surface area contributed by atoms with Gasteiger partial charge < -0.3 is 35.8 Å². The van der Waals surface area contributed by atoms with E-state index in [0.717, 1.165) is 54.3 Å². The van der Waals surface area contributed by atoms with Gasteiger partial charge in [0.25, 0.3) is 5.91 Å². The summed E-state index contributed by atoms with van der Waals surface area (Å²) in [6.07, 6.45) is 8.85. The van der Waals surface area contributed by atoms with Gasteiger partial charge in [0.1, 0.15) is 22.2 Å². The lowest BCUT2D eigenvalue weighted by molar-refractivity contribution is 0.0948. The summed E-state index contributed by atoms with van der Waals surface area (Å²) in [5.74, 6) is 4.21. The van der Waals surface area contributed by atoms with Crippen molar-refractivity contribution in [1.82, 2.24) is 20.2 Å². The van der Waals surface area contributed by atoms with Crippen molar-refractivity contribution < 1.29 is 14.6 Å². The first kappa shape index (κ1) is 30.7. The molecule has 1 amide bonds. The number of nitrogens with two attached hydrogens (primary N) is 1. The minimum atomic E-state index is -0.601. The quantitative estimate of drug-likeness (QED) is 0.136. The summed E-state index contributed by atoms with van der Waals surface area (Å²) in [7, 11) is 0. The van der Waals surface area contributed by atoms with Crippen molar-refractivity contribution >= 4 is 58.2 Å². The molecule has 224 valence electrons. The number of hydrogen-bond acceptors (Lipinski definition) is 8. The molecule has 8 nitrogen and oxygen atoms in total. The Hall–Kier alpha value is -2.70. The van der Waals surface area contributed by atoms with Crippen molar-refractivity contribution in [1.29, 1.82) is 0 Å². The highest BCUT2D eigenvalue weighted by Crippen LogP contribution is 2.31. The zero-order valence-electron chi connectivity index (χ0n) is 23.8. The van der Waals surface area contributed by atoms with E-state index in [1.807, 2.05) is 35.7 Å². The van der Waals surface area contributed by atoms with E-state index in [-0.39, 0.29) is 17.8 Å². The Morgan fingerprint density at radius 1 is 1.31 bits per heavy atom. The molecule has 3 aromatic rings. The summed E-state index contributed by atoms with van der Waals surface area (Å²) in [6, 6.07) is 8.90. The topological polar surface area (TPSA) is 119 Å². The van der Waals surface area contributed by atoms with Crippen LogP contribution in [0.4, 0.5) is 5.69 Å². The molecule has 0 spiro atoms. The first-order valence-electron chi connectivity index (χ1n) is 14.3. The maximum Gasteiger partial charge on any atom is 0.267 e. The van der Waals surface area contributed by atoms with Crippen molar-refractivity contribution in [2.75, 3.05) is 55.8 Å². The van der Waals surface area contributed by atoms with E-state index in [1.54, 1.807) is 24.4 Å². The average molecular weight is 626 g/mol. The minimum Gasteiger partial charge on any atom is -0.483 e. The molecular formula is C31H39N5O3S3. The molecule has 3 atom stereocenters. The van der Waals surface area contributed by atoms with E-state index in [2.05, 4.69) is 45.3 Å². The highest BCUT2D eigenvalue weighted by atomic mass is 32.2. The number of carbonyl (C=O) groups excluding carboxylic acids is 1. The molecule has 1 fully saturated rings. The second-order valence-electron chi connectivity index (χ2n) is 10.8. The number of carbonyl (C=O) groups is 1. The normalized spacial score (nSPS) is 18.9. The smallest absolute Gasteiger partial charge is 0.267 e. The van der Waals surface area contributed by atoms with Crippen LogP contribution in [-0.4, -0.2) is 81.2 Å². The van der Waals surface area contributed by atoms with E-state index < -0.39 is 6.10 Å². The molecule has 2 aliphatic rings. The van der Waals surface area contributed by atoms with Gasteiger partial charge >= 0.3 is 0 Å². The lowest BCUT2D eigenvalue weighted by atomic mass is 9.95. The molecule has 11 heteroatoms. The monoisotopic (exact) mass is 625 g/mol. The molecule has 6 N–H and O–H groups in total. The Bertz CT molecular complexity index is 1490. The van der Waals surface area contributed by atoms with Crippen molar-refractivity contribution in [3.63, 3.8) is 0 Å². The van der Waals surface area contributed by atoms with Gasteiger partial charge in [-0.15, -0.1) is 0 Å². The van der Waals surface area contributed by atoms with Gasteiger partial charge in [-0.05, 0) is 42.2 Å². The molecule has 0 radical (unpaired) electrons. The molecule has 1 aliphatic carbocycles. The number of allylic oxidation sites excluding steroid dienone is 3. The van der Waals surface area contributed by atoms with Crippen LogP contribution in [0.25, 0.3) is 10.9 Å². The van der Waals surface area contributed by atoms with Crippen molar-refractivity contribution in [2.24, 2.45) is 5.92 Å². The maximum absolute atomic E-state index is 13.3. The van der Waals surface area contributed by atoms with Crippen LogP contribution in [-0.2, 0) is 0 Å². The number of amides is 1. The largest absolute Gasteiger partial charge is 0.483 e. The van der Waals surface area contributed by atoms with Crippen molar-refractivity contribution in [3.05, 3.63) is 76.2 Å². The molecule has 0 saturated carbocycles. The first-order chi connectivity index (χ1) is 20.4. The molecule has 1 aliphatic heterocycles. The third-order valence-corrected chi connectivity index (χ3v) is 10.2. The second kappa shape index (κ2) is 14.7. The van der Waals surface area contributed by atoms with Gasteiger partial charge in [-0.3, -0.25) is 4.79 Å². The number of nitrogens with one attached hydrogen (secondary N) is 3. The summed E-state index contributed by atoms with van der Waals surface area (Å²) in [5.41, 5.74) is 10.2. The van der Waals surface area contributed by atoms with Crippen LogP contribution in [0.5, 0.6) is 5.75 Å². The fourth-order valence-electron chi connectivity index (χ4n) is 5.21. The van der Waals surface area contributed by atoms with Gasteiger partial charge in [-0.1, -0.05) is 42.9 Å². The number of thioether (sulfide) groups is 2. The second-order valence-corrected chi connectivity index (χ2v) is 13.8. The zero-order chi connectivity index (χ0) is 29.5. The fraction of sp³-hybridized carbons (Fsp3) is 0.419. The van der Waals surface area contributed by atoms with E-state index >= 15 is 0 Å². The Morgan fingerprint density at radius 3 is 2.90 bits per heavy atom. The number of ether oxygens (including phenoxy) is 1. The average Bonchev–Trinajstić information content (AvgIpc) is 3.43. The molecule has 2 aromatic heterocycles. The number of benzene rings is 1. The summed E-state index contributed by atoms with van der Waals surface area (Å²) in [5, 5.41) is 14.2. The molecule has 42 heavy (non-hydrogen) atoms. The van der Waals surface area contributed by atoms with Crippen LogP contribution >= 0.6 is 35.7 Å². The lowest BCUT2D eigenvalue weighted by Crippen LogP contribution is -2.42. The number of aliphatic hydroxyl groups is 1. The highest BCUT2D eigenvalue weighted by Gasteiger charge is 2.21. The third-order valence-electron chi connectivity index (χ3n) is 7.70. The van der Waals surface area contributed by atoms with Crippen LogP contribution in [0.15, 0.2) is 60.3 Å². The van der Waals surface area contributed by atoms with E-state index in [9.17, 15) is 9.90 Å². The number of aromatic nitrogens is 2. The number of rotatable bonds is 12. The van der Waals surface area contributed by atoms with Crippen LogP contribution in [0.3, 0.4) is 0 Å². The van der Waals surface area contributed by atoms with Crippen LogP contribution in [0.2, 0.25) is 0 Å². The number of nitrogen functional groups attached to an aromatic ring is 1. The van der Waals surface area contributed by atoms with E-state index in [0.29, 0.717) is 39.8 Å². The standard InChI is InChI=1S/C31H39N5O3S3/c1-20-4-2-3-5-22(20)19-42-25(17-36-8-10-41-11-9-36)16-34-31(38)27-13-23-12-24(15-26(32)30(23)35-27)39-28(18-37)21-6-7-33-29(40)14-21/h2-3,5-7,12-15,20,25,28,35,37H,4,8-11,16-19,32H2,1H3,(H,33,40)(H,34,38). The van der Waals surface area contributed by atoms with Crippen molar-refractivity contribution in [2.45, 2.75) is 24.7 Å². The molecule has 5 rings (SSSR count). The number of aliphatic hydroxyl groups excluding tert-OH is 1. The van der Waals surface area contributed by atoms with Gasteiger partial charge in [0.05, 0.1) is 17.8 Å². The minimum absolute atomic E-state index is 0.159. The van der Waals surface area contributed by atoms with Crippen LogP contribution in [0, 0.1) is 10.6 Å². The summed E-state index contributed by atoms with van der Waals surface area (Å²) >= 11 is 9.15. The molecule has 0 bridgehead atoms. The molecular weight excluding hydrogens is 587 g/mol. The van der Waals surface area contributed by atoms with E-state index in [1.165, 1.54) is 5.57 Å². The molecule has 3 heterocycles. The number of hydrogen-bond donors (Lipinski definition) is 5. The number of pyridine rings is 1. The first-order valence-corrected chi connectivity index (χ1v) is 16.9. The van der Waals surface area contributed by atoms with Crippen molar-refractivity contribution in [3.8, 4) is 5.75 Å². The van der Waals surface area contributed by atoms with Gasteiger partial charge in [-0.25, -0.2) is 0 Å². The number of fused-ring (bicyclic) bond motifs is 1. The Labute approximate surface area is 260 Å². The number of nitrogens with zero attached hydrogens (tertiary/aromatic N) is 1. The SMILES string of the molecule is CC1CC=CC=C1CSC(CNC(=O)c1cc2cc(OC(CO)c3cc[nH]c(=S)c3)cc(N)c2[nH]1)CN1CCSCC1. The predicted molar refractivity (Wildman–Crippen MR) is 178 cm³/mol. The van der Waals surface area contributed by atoms with E-state index in [4.69, 9.17) is 22.7 Å². The highest BCUT2D eigenvalue weighted by molar-refractivity contribution is 8.00. The summed E-state index contributed by atoms with van der Waals surface area (Å²) < 4.78 is 6.63. The van der Waals surface area contributed by atoms with Gasteiger partial charge in [0, 0.05) is 66.3 Å². The summed E-state index contributed by atoms with van der Waals surface area (Å²) in [6.45, 7) is 5.80. The maximum atomic E-state index is 13.3. The van der Waals surface area contributed by atoms with Crippen LogP contribution in [0.1, 0.15) is 35.5 Å². The lowest BCUT2D eigenvalue weighted by Gasteiger charge is -2.30. The predicted octanol–water partition coefficient (Wildman–Crippen LogP) is 5.32. The number of anilines is 1. The molecule has 3 unspecified atom stereocenters. The summed E-state index contributed by atoms with van der Waals surface area (Å²) in [4.78, 5) is 21.9. The Morgan fingerprint density at radius 2 is 2.14 bits per heavy atom. The van der Waals surface area contributed by atoms with Gasteiger partial charge in [0.15, 0.2) is 0 Å². The molecule has 1 aromatic carbocycles. The fourth-order valence-corrected chi connectivity index (χ4v) is 7.72. The number of H-pyrrole nitrogens is 2. The zero-order valence-corrected chi connectivity index (χ0v) is 26.3. The van der Waals surface area contributed by atoms with Crippen LogP contribution < -0.4 is 15.8 Å². The third kappa shape index (κ3) is 8.02.